The topological polar surface area (TPSA) is 92.7 Å². The number of nitrogens with one attached hydrogen (secondary N) is 1. The number of carbonyl (C=O) groups excluding carboxylic acids is 1. The van der Waals surface area contributed by atoms with Crippen LogP contribution >= 0.6 is 0 Å². The fraction of sp³-hybridized carbons (Fsp3) is 0.471. The molecule has 0 bridgehead atoms. The normalized spacial score (nSPS) is 36.8. The lowest BCUT2D eigenvalue weighted by Gasteiger charge is -2.40. The van der Waals surface area contributed by atoms with Crippen molar-refractivity contribution in [3.8, 4) is 0 Å². The van der Waals surface area contributed by atoms with E-state index in [-0.39, 0.29) is 16.4 Å². The number of halogens is 1. The quantitative estimate of drug-likeness (QED) is 0.785. The summed E-state index contributed by atoms with van der Waals surface area (Å²) in [5.41, 5.74) is -2.23. The fourth-order valence-corrected chi connectivity index (χ4v) is 5.69. The fourth-order valence-electron chi connectivity index (χ4n) is 4.33. The van der Waals surface area contributed by atoms with Gasteiger partial charge in [-0.2, -0.15) is 0 Å². The Labute approximate surface area is 144 Å². The molecule has 2 N–H and O–H groups in total. The summed E-state index contributed by atoms with van der Waals surface area (Å²) in [5, 5.41) is 10.9. The smallest absolute Gasteiger partial charge is 0.337 e. The molecule has 4 atom stereocenters. The largest absolute Gasteiger partial charge is 0.455 e. The first-order valence-corrected chi connectivity index (χ1v) is 9.59. The van der Waals surface area contributed by atoms with Gasteiger partial charge in [0.05, 0.1) is 10.5 Å². The van der Waals surface area contributed by atoms with Gasteiger partial charge in [-0.25, -0.2) is 22.3 Å². The molecule has 4 rings (SSSR count). The minimum absolute atomic E-state index is 0.0624. The van der Waals surface area contributed by atoms with Gasteiger partial charge in [0.15, 0.2) is 0 Å². The van der Waals surface area contributed by atoms with Crippen LogP contribution < -0.4 is 4.72 Å². The molecule has 0 spiro atoms. The van der Waals surface area contributed by atoms with Gasteiger partial charge in [-0.1, -0.05) is 6.08 Å². The van der Waals surface area contributed by atoms with Crippen molar-refractivity contribution in [3.05, 3.63) is 41.7 Å². The third-order valence-electron chi connectivity index (χ3n) is 5.42. The van der Waals surface area contributed by atoms with Gasteiger partial charge < -0.3 is 9.84 Å². The molecule has 25 heavy (non-hydrogen) atoms. The van der Waals surface area contributed by atoms with Crippen LogP contribution in [0.25, 0.3) is 0 Å². The van der Waals surface area contributed by atoms with Crippen LogP contribution in [0.2, 0.25) is 0 Å². The van der Waals surface area contributed by atoms with E-state index < -0.39 is 39.1 Å². The minimum atomic E-state index is -3.91. The summed E-state index contributed by atoms with van der Waals surface area (Å²) in [7, 11) is -3.91. The van der Waals surface area contributed by atoms with Gasteiger partial charge in [0.25, 0.3) is 0 Å². The number of sulfonamides is 1. The molecule has 6 nitrogen and oxygen atoms in total. The Kier molecular flexibility index (Phi) is 3.42. The predicted molar refractivity (Wildman–Crippen MR) is 85.4 cm³/mol. The third-order valence-corrected chi connectivity index (χ3v) is 7.04. The van der Waals surface area contributed by atoms with E-state index in [2.05, 4.69) is 4.72 Å². The summed E-state index contributed by atoms with van der Waals surface area (Å²) in [4.78, 5) is 12.0. The van der Waals surface area contributed by atoms with E-state index >= 15 is 0 Å². The van der Waals surface area contributed by atoms with E-state index in [1.165, 1.54) is 18.2 Å². The molecule has 0 amide bonds. The van der Waals surface area contributed by atoms with Gasteiger partial charge in [-0.05, 0) is 56.4 Å². The zero-order chi connectivity index (χ0) is 18.0. The number of hydrogen-bond donors (Lipinski definition) is 2. The molecule has 1 unspecified atom stereocenters. The molecule has 1 aliphatic heterocycles. The van der Waals surface area contributed by atoms with Crippen molar-refractivity contribution in [2.75, 3.05) is 0 Å². The van der Waals surface area contributed by atoms with Crippen LogP contribution in [-0.2, 0) is 19.6 Å². The molecular weight excluding hydrogens is 349 g/mol. The molecule has 2 aliphatic carbocycles. The van der Waals surface area contributed by atoms with Crippen LogP contribution in [0.5, 0.6) is 0 Å². The summed E-state index contributed by atoms with van der Waals surface area (Å²) in [6, 6.07) is 4.52. The molecule has 8 heteroatoms. The second-order valence-corrected chi connectivity index (χ2v) is 8.91. The maximum Gasteiger partial charge on any atom is 0.337 e. The Bertz CT molecular complexity index is 881. The second kappa shape index (κ2) is 5.12. The highest BCUT2D eigenvalue weighted by Crippen LogP contribution is 2.53. The van der Waals surface area contributed by atoms with Crippen molar-refractivity contribution in [2.45, 2.75) is 48.3 Å². The molecule has 0 radical (unpaired) electrons. The van der Waals surface area contributed by atoms with E-state index in [0.717, 1.165) is 12.1 Å². The van der Waals surface area contributed by atoms with Gasteiger partial charge >= 0.3 is 5.97 Å². The molecular formula is C17H18FNO5S. The molecule has 1 aromatic carbocycles. The van der Waals surface area contributed by atoms with Crippen LogP contribution in [-0.4, -0.2) is 36.7 Å². The molecule has 0 aromatic heterocycles. The summed E-state index contributed by atoms with van der Waals surface area (Å²) >= 11 is 0. The Balaban J connectivity index is 1.70. The van der Waals surface area contributed by atoms with Crippen LogP contribution in [0, 0.1) is 11.7 Å². The van der Waals surface area contributed by atoms with Crippen molar-refractivity contribution < 1.29 is 27.4 Å². The standard InChI is InChI=1S/C17H18FNO5S/c1-16(19-25(22,23)12-5-3-11(18)4-6-12)8-10-2-7-14-17(10,21)13(9-16)15(20)24-14/h3-6,9-10,14,19,21H,2,7-8H2,1H3/t10?,14-,16-,17+/m1/s1. The highest BCUT2D eigenvalue weighted by Gasteiger charge is 2.64. The summed E-state index contributed by atoms with van der Waals surface area (Å²) in [6.45, 7) is 1.67. The van der Waals surface area contributed by atoms with E-state index in [9.17, 15) is 22.7 Å². The number of esters is 1. The first-order valence-electron chi connectivity index (χ1n) is 8.10. The van der Waals surface area contributed by atoms with Gasteiger partial charge in [-0.3, -0.25) is 0 Å². The zero-order valence-corrected chi connectivity index (χ0v) is 14.3. The monoisotopic (exact) mass is 367 g/mol. The number of carbonyl (C=O) groups is 1. The molecule has 134 valence electrons. The number of hydrogen-bond acceptors (Lipinski definition) is 5. The van der Waals surface area contributed by atoms with E-state index in [4.69, 9.17) is 4.74 Å². The van der Waals surface area contributed by atoms with E-state index in [1.54, 1.807) is 6.92 Å². The van der Waals surface area contributed by atoms with E-state index in [1.807, 2.05) is 0 Å². The molecule has 3 aliphatic rings. The number of ether oxygens (including phenoxy) is 1. The first kappa shape index (κ1) is 16.7. The van der Waals surface area contributed by atoms with Gasteiger partial charge in [-0.15, -0.1) is 0 Å². The number of rotatable bonds is 3. The molecule has 1 saturated carbocycles. The second-order valence-electron chi connectivity index (χ2n) is 7.23. The van der Waals surface area contributed by atoms with Crippen LogP contribution in [0.1, 0.15) is 26.2 Å². The lowest BCUT2D eigenvalue weighted by molar-refractivity contribution is -0.140. The Morgan fingerprint density at radius 1 is 1.28 bits per heavy atom. The maximum absolute atomic E-state index is 13.0. The van der Waals surface area contributed by atoms with Crippen molar-refractivity contribution in [3.63, 3.8) is 0 Å². The molecule has 2 fully saturated rings. The summed E-state index contributed by atoms with van der Waals surface area (Å²) in [6.07, 6.45) is 2.48. The Hall–Kier alpha value is -1.77. The SMILES string of the molecule is C[C@]1(NS(=O)(=O)c2ccc(F)cc2)C=C2C(=O)O[C@@H]3CCC(C1)[C@]23O. The van der Waals surface area contributed by atoms with Crippen molar-refractivity contribution >= 4 is 16.0 Å². The van der Waals surface area contributed by atoms with Gasteiger partial charge in [0.1, 0.15) is 17.5 Å². The van der Waals surface area contributed by atoms with Crippen molar-refractivity contribution in [1.29, 1.82) is 0 Å². The maximum atomic E-state index is 13.0. The van der Waals surface area contributed by atoms with Crippen LogP contribution in [0.4, 0.5) is 4.39 Å². The van der Waals surface area contributed by atoms with Gasteiger partial charge in [0.2, 0.25) is 10.0 Å². The highest BCUT2D eigenvalue weighted by molar-refractivity contribution is 7.89. The average Bonchev–Trinajstić information content (AvgIpc) is 2.95. The average molecular weight is 367 g/mol. The summed E-state index contributed by atoms with van der Waals surface area (Å²) < 4.78 is 46.2. The minimum Gasteiger partial charge on any atom is -0.455 e. The predicted octanol–water partition coefficient (Wildman–Crippen LogP) is 1.26. The van der Waals surface area contributed by atoms with Gasteiger partial charge in [0, 0.05) is 5.54 Å². The third kappa shape index (κ3) is 2.43. The number of benzene rings is 1. The molecule has 1 aromatic rings. The highest BCUT2D eigenvalue weighted by atomic mass is 32.2. The Morgan fingerprint density at radius 3 is 2.64 bits per heavy atom. The van der Waals surface area contributed by atoms with Crippen molar-refractivity contribution in [2.24, 2.45) is 5.92 Å². The van der Waals surface area contributed by atoms with Crippen LogP contribution in [0.15, 0.2) is 40.8 Å². The van der Waals surface area contributed by atoms with Crippen LogP contribution in [0.3, 0.4) is 0 Å². The summed E-state index contributed by atoms with van der Waals surface area (Å²) in [5.74, 6) is -1.38. The lowest BCUT2D eigenvalue weighted by Crippen LogP contribution is -2.54. The Morgan fingerprint density at radius 2 is 1.96 bits per heavy atom. The van der Waals surface area contributed by atoms with Crippen molar-refractivity contribution in [1.82, 2.24) is 4.72 Å². The lowest BCUT2D eigenvalue weighted by atomic mass is 9.71. The zero-order valence-electron chi connectivity index (χ0n) is 13.5. The first-order chi connectivity index (χ1) is 11.6. The molecule has 1 heterocycles. The van der Waals surface area contributed by atoms with E-state index in [0.29, 0.717) is 19.3 Å². The molecule has 1 saturated heterocycles. The number of aliphatic hydroxyl groups is 1.